The number of aromatic nitrogens is 2. The number of fused-ring (bicyclic) bond motifs is 3. The van der Waals surface area contributed by atoms with Crippen LogP contribution in [0, 0.1) is 5.92 Å². The SMILES string of the molecule is CCCCOC(=O)N1CC(COC)CC1c1nc2c(ccc3cc(Br)ccc32)[nH]1. The smallest absolute Gasteiger partial charge is 0.410 e. The summed E-state index contributed by atoms with van der Waals surface area (Å²) in [7, 11) is 1.70. The molecule has 0 aliphatic carbocycles. The first-order valence-corrected chi connectivity index (χ1v) is 10.9. The summed E-state index contributed by atoms with van der Waals surface area (Å²) in [4.78, 5) is 22.9. The van der Waals surface area contributed by atoms with E-state index in [4.69, 9.17) is 14.5 Å². The number of hydrogen-bond acceptors (Lipinski definition) is 4. The number of imidazole rings is 1. The minimum atomic E-state index is -0.267. The molecule has 2 heterocycles. The van der Waals surface area contributed by atoms with Crippen molar-refractivity contribution in [2.45, 2.75) is 32.2 Å². The van der Waals surface area contributed by atoms with Crippen LogP contribution in [-0.2, 0) is 9.47 Å². The van der Waals surface area contributed by atoms with E-state index >= 15 is 0 Å². The third-order valence-electron chi connectivity index (χ3n) is 5.51. The molecule has 0 spiro atoms. The first-order chi connectivity index (χ1) is 14.1. The zero-order valence-electron chi connectivity index (χ0n) is 16.8. The van der Waals surface area contributed by atoms with Crippen molar-refractivity contribution in [1.29, 1.82) is 0 Å². The highest BCUT2D eigenvalue weighted by Crippen LogP contribution is 2.36. The van der Waals surface area contributed by atoms with Gasteiger partial charge in [-0.15, -0.1) is 0 Å². The van der Waals surface area contributed by atoms with Gasteiger partial charge in [-0.25, -0.2) is 9.78 Å². The molecule has 6 nitrogen and oxygen atoms in total. The molecule has 1 saturated heterocycles. The summed E-state index contributed by atoms with van der Waals surface area (Å²) in [6.07, 6.45) is 2.41. The van der Waals surface area contributed by atoms with Gasteiger partial charge in [-0.1, -0.05) is 41.4 Å². The number of unbranched alkanes of at least 4 members (excludes halogenated alkanes) is 1. The maximum Gasteiger partial charge on any atom is 0.410 e. The number of methoxy groups -OCH3 is 1. The fraction of sp³-hybridized carbons (Fsp3) is 0.455. The van der Waals surface area contributed by atoms with Crippen LogP contribution in [-0.4, -0.2) is 47.8 Å². The number of hydrogen-bond donors (Lipinski definition) is 1. The second-order valence-electron chi connectivity index (χ2n) is 7.64. The fourth-order valence-corrected chi connectivity index (χ4v) is 4.46. The van der Waals surface area contributed by atoms with Gasteiger partial charge in [0.1, 0.15) is 5.82 Å². The first-order valence-electron chi connectivity index (χ1n) is 10.1. The van der Waals surface area contributed by atoms with Gasteiger partial charge in [0.25, 0.3) is 0 Å². The molecule has 2 aromatic carbocycles. The van der Waals surface area contributed by atoms with Crippen LogP contribution in [0.4, 0.5) is 4.79 Å². The van der Waals surface area contributed by atoms with Crippen LogP contribution in [0.15, 0.2) is 34.8 Å². The zero-order chi connectivity index (χ0) is 20.4. The van der Waals surface area contributed by atoms with E-state index < -0.39 is 0 Å². The molecule has 0 bridgehead atoms. The van der Waals surface area contributed by atoms with Gasteiger partial charge in [0, 0.05) is 29.4 Å². The number of nitrogens with one attached hydrogen (secondary N) is 1. The molecule has 1 N–H and O–H groups in total. The summed E-state index contributed by atoms with van der Waals surface area (Å²) in [5, 5.41) is 2.22. The van der Waals surface area contributed by atoms with Crippen LogP contribution in [0.1, 0.15) is 38.1 Å². The number of H-pyrrole nitrogens is 1. The number of benzene rings is 2. The lowest BCUT2D eigenvalue weighted by molar-refractivity contribution is 0.0928. The number of amides is 1. The molecule has 1 fully saturated rings. The maximum atomic E-state index is 12.7. The van der Waals surface area contributed by atoms with E-state index in [9.17, 15) is 4.79 Å². The molecule has 2 unspecified atom stereocenters. The van der Waals surface area contributed by atoms with E-state index in [1.54, 1.807) is 12.0 Å². The third-order valence-corrected chi connectivity index (χ3v) is 6.01. The van der Waals surface area contributed by atoms with Crippen molar-refractivity contribution in [3.63, 3.8) is 0 Å². The van der Waals surface area contributed by atoms with Crippen molar-refractivity contribution in [3.05, 3.63) is 40.6 Å². The number of halogens is 1. The summed E-state index contributed by atoms with van der Waals surface area (Å²) in [6.45, 7) is 3.77. The fourth-order valence-electron chi connectivity index (χ4n) is 4.08. The monoisotopic (exact) mass is 459 g/mol. The number of likely N-dealkylation sites (tertiary alicyclic amines) is 1. The highest BCUT2D eigenvalue weighted by atomic mass is 79.9. The largest absolute Gasteiger partial charge is 0.449 e. The minimum absolute atomic E-state index is 0.137. The number of aromatic amines is 1. The number of carbonyl (C=O) groups is 1. The quantitative estimate of drug-likeness (QED) is 0.499. The Hall–Kier alpha value is -2.12. The van der Waals surface area contributed by atoms with Gasteiger partial charge in [-0.05, 0) is 36.4 Å². The van der Waals surface area contributed by atoms with Crippen LogP contribution in [0.25, 0.3) is 21.8 Å². The zero-order valence-corrected chi connectivity index (χ0v) is 18.4. The predicted octanol–water partition coefficient (Wildman–Crippen LogP) is 5.42. The number of ether oxygens (including phenoxy) is 2. The van der Waals surface area contributed by atoms with Gasteiger partial charge in [0.05, 0.1) is 30.3 Å². The van der Waals surface area contributed by atoms with Gasteiger partial charge in [-0.2, -0.15) is 0 Å². The highest BCUT2D eigenvalue weighted by molar-refractivity contribution is 9.10. The number of rotatable bonds is 6. The molecular weight excluding hydrogens is 434 g/mol. The lowest BCUT2D eigenvalue weighted by Gasteiger charge is -2.22. The molecule has 1 aliphatic heterocycles. The molecule has 154 valence electrons. The van der Waals surface area contributed by atoms with Crippen molar-refractivity contribution in [1.82, 2.24) is 14.9 Å². The Kier molecular flexibility index (Phi) is 6.06. The Balaban J connectivity index is 1.67. The topological polar surface area (TPSA) is 67.4 Å². The van der Waals surface area contributed by atoms with Crippen LogP contribution in [0.3, 0.4) is 0 Å². The van der Waals surface area contributed by atoms with Crippen LogP contribution >= 0.6 is 15.9 Å². The Morgan fingerprint density at radius 3 is 3.00 bits per heavy atom. The second-order valence-corrected chi connectivity index (χ2v) is 8.56. The lowest BCUT2D eigenvalue weighted by atomic mass is 10.1. The minimum Gasteiger partial charge on any atom is -0.449 e. The molecule has 3 aromatic rings. The van der Waals surface area contributed by atoms with Crippen molar-refractivity contribution in [2.24, 2.45) is 5.92 Å². The normalized spacial score (nSPS) is 19.3. The summed E-state index contributed by atoms with van der Waals surface area (Å²) >= 11 is 3.53. The van der Waals surface area contributed by atoms with Gasteiger partial charge < -0.3 is 14.5 Å². The summed E-state index contributed by atoms with van der Waals surface area (Å²) in [6, 6.07) is 10.2. The van der Waals surface area contributed by atoms with Crippen molar-refractivity contribution < 1.29 is 14.3 Å². The van der Waals surface area contributed by atoms with E-state index in [1.807, 2.05) is 12.1 Å². The molecule has 2 atom stereocenters. The van der Waals surface area contributed by atoms with Crippen LogP contribution in [0.5, 0.6) is 0 Å². The van der Waals surface area contributed by atoms with Crippen LogP contribution in [0.2, 0.25) is 0 Å². The molecule has 0 saturated carbocycles. The van der Waals surface area contributed by atoms with Gasteiger partial charge in [0.2, 0.25) is 0 Å². The van der Waals surface area contributed by atoms with E-state index in [0.717, 1.165) is 51.4 Å². The Bertz CT molecular complexity index is 1020. The average Bonchev–Trinajstić information content (AvgIpc) is 3.32. The van der Waals surface area contributed by atoms with E-state index in [-0.39, 0.29) is 18.1 Å². The molecule has 1 aliphatic rings. The molecule has 4 rings (SSSR count). The standard InChI is InChI=1S/C22H26BrN3O3/c1-3-4-9-29-22(27)26-12-14(13-28-2)10-19(26)21-24-18-8-5-15-11-16(23)6-7-17(15)20(18)25-21/h5-8,11,14,19H,3-4,9-10,12-13H2,1-2H3,(H,24,25). The number of carbonyl (C=O) groups excluding carboxylic acids is 1. The Labute approximate surface area is 178 Å². The molecule has 1 aromatic heterocycles. The Morgan fingerprint density at radius 1 is 1.34 bits per heavy atom. The third kappa shape index (κ3) is 4.12. The average molecular weight is 460 g/mol. The van der Waals surface area contributed by atoms with E-state index in [2.05, 4.69) is 46.0 Å². The highest BCUT2D eigenvalue weighted by Gasteiger charge is 2.38. The number of nitrogens with zero attached hydrogens (tertiary/aromatic N) is 2. The van der Waals surface area contributed by atoms with Crippen molar-refractivity contribution >= 4 is 43.8 Å². The van der Waals surface area contributed by atoms with E-state index in [0.29, 0.717) is 19.8 Å². The van der Waals surface area contributed by atoms with Crippen molar-refractivity contribution in [3.8, 4) is 0 Å². The summed E-state index contributed by atoms with van der Waals surface area (Å²) in [5.41, 5.74) is 1.91. The van der Waals surface area contributed by atoms with Crippen molar-refractivity contribution in [2.75, 3.05) is 26.9 Å². The predicted molar refractivity (Wildman–Crippen MR) is 117 cm³/mol. The maximum absolute atomic E-state index is 12.7. The van der Waals surface area contributed by atoms with Gasteiger partial charge in [-0.3, -0.25) is 4.90 Å². The summed E-state index contributed by atoms with van der Waals surface area (Å²) in [5.74, 6) is 1.08. The second kappa shape index (κ2) is 8.71. The molecular formula is C22H26BrN3O3. The molecule has 29 heavy (non-hydrogen) atoms. The Morgan fingerprint density at radius 2 is 2.21 bits per heavy atom. The molecule has 1 amide bonds. The van der Waals surface area contributed by atoms with E-state index in [1.165, 1.54) is 0 Å². The first kappa shape index (κ1) is 20.2. The van der Waals surface area contributed by atoms with Crippen LogP contribution < -0.4 is 0 Å². The summed E-state index contributed by atoms with van der Waals surface area (Å²) < 4.78 is 11.9. The molecule has 7 heteroatoms. The molecule has 0 radical (unpaired) electrons. The lowest BCUT2D eigenvalue weighted by Crippen LogP contribution is -2.32. The van der Waals surface area contributed by atoms with Gasteiger partial charge in [0.15, 0.2) is 0 Å². The van der Waals surface area contributed by atoms with Gasteiger partial charge >= 0.3 is 6.09 Å².